The Morgan fingerprint density at radius 1 is 1.03 bits per heavy atom. The molecule has 1 saturated heterocycles. The molecule has 2 heterocycles. The lowest BCUT2D eigenvalue weighted by Gasteiger charge is -2.20. The van der Waals surface area contributed by atoms with Crippen LogP contribution in [0.25, 0.3) is 0 Å². The molecule has 1 aliphatic rings. The van der Waals surface area contributed by atoms with E-state index in [0.717, 1.165) is 30.5 Å². The Balaban J connectivity index is 1.44. The van der Waals surface area contributed by atoms with Crippen LogP contribution >= 0.6 is 0 Å². The van der Waals surface area contributed by atoms with Crippen LogP contribution in [0.5, 0.6) is 0 Å². The van der Waals surface area contributed by atoms with Crippen LogP contribution in [0.3, 0.4) is 0 Å². The van der Waals surface area contributed by atoms with Gasteiger partial charge in [0.1, 0.15) is 0 Å². The van der Waals surface area contributed by atoms with E-state index in [4.69, 9.17) is 4.52 Å². The van der Waals surface area contributed by atoms with Gasteiger partial charge >= 0.3 is 0 Å². The Morgan fingerprint density at radius 3 is 2.31 bits per heavy atom. The number of hydrogen-bond acceptors (Lipinski definition) is 4. The molecule has 0 bridgehead atoms. The second kappa shape index (κ2) is 11.0. The number of nitrogens with one attached hydrogen (secondary N) is 2. The van der Waals surface area contributed by atoms with Gasteiger partial charge in [-0.25, -0.2) is 0 Å². The summed E-state index contributed by atoms with van der Waals surface area (Å²) in [6.07, 6.45) is 5.43. The first-order valence-electron chi connectivity index (χ1n) is 10.8. The minimum absolute atomic E-state index is 0.368. The lowest BCUT2D eigenvalue weighted by Crippen LogP contribution is -2.36. The van der Waals surface area contributed by atoms with Gasteiger partial charge in [0, 0.05) is 26.2 Å². The molecule has 0 spiro atoms. The number of nitrogens with zero attached hydrogens (tertiary/aromatic N) is 3. The summed E-state index contributed by atoms with van der Waals surface area (Å²) in [5, 5.41) is 10.7. The van der Waals surface area contributed by atoms with Gasteiger partial charge in [0.2, 0.25) is 0 Å². The monoisotopic (exact) mass is 397 g/mol. The van der Waals surface area contributed by atoms with E-state index in [0.29, 0.717) is 12.5 Å². The van der Waals surface area contributed by atoms with E-state index in [9.17, 15) is 0 Å². The zero-order valence-electron chi connectivity index (χ0n) is 18.1. The molecule has 29 heavy (non-hydrogen) atoms. The van der Waals surface area contributed by atoms with E-state index in [1.807, 2.05) is 6.07 Å². The fraction of sp³-hybridized carbons (Fsp3) is 0.565. The predicted molar refractivity (Wildman–Crippen MR) is 118 cm³/mol. The van der Waals surface area contributed by atoms with E-state index < -0.39 is 0 Å². The van der Waals surface area contributed by atoms with Crippen molar-refractivity contribution in [2.45, 2.75) is 65.1 Å². The molecule has 2 aromatic rings. The number of hydrogen-bond donors (Lipinski definition) is 2. The van der Waals surface area contributed by atoms with Crippen LogP contribution < -0.4 is 10.6 Å². The van der Waals surface area contributed by atoms with E-state index in [1.54, 1.807) is 7.05 Å². The molecule has 1 aromatic heterocycles. The summed E-state index contributed by atoms with van der Waals surface area (Å²) < 4.78 is 5.37. The number of benzene rings is 1. The zero-order valence-corrected chi connectivity index (χ0v) is 18.1. The highest BCUT2D eigenvalue weighted by atomic mass is 16.5. The van der Waals surface area contributed by atoms with Crippen molar-refractivity contribution in [1.82, 2.24) is 20.7 Å². The molecular weight excluding hydrogens is 362 g/mol. The third-order valence-corrected chi connectivity index (χ3v) is 5.41. The lowest BCUT2D eigenvalue weighted by atomic mass is 10.1. The minimum Gasteiger partial charge on any atom is -0.359 e. The molecule has 6 nitrogen and oxygen atoms in total. The van der Waals surface area contributed by atoms with Crippen LogP contribution in [-0.2, 0) is 19.6 Å². The summed E-state index contributed by atoms with van der Waals surface area (Å²) >= 11 is 0. The maximum atomic E-state index is 5.37. The van der Waals surface area contributed by atoms with Gasteiger partial charge in [-0.15, -0.1) is 0 Å². The van der Waals surface area contributed by atoms with Crippen LogP contribution in [0.1, 0.15) is 68.0 Å². The molecule has 3 rings (SSSR count). The van der Waals surface area contributed by atoms with Crippen molar-refractivity contribution < 1.29 is 4.52 Å². The normalized spacial score (nSPS) is 16.1. The molecule has 158 valence electrons. The van der Waals surface area contributed by atoms with Gasteiger partial charge < -0.3 is 15.2 Å². The Kier molecular flexibility index (Phi) is 8.11. The van der Waals surface area contributed by atoms with Crippen molar-refractivity contribution in [3.8, 4) is 0 Å². The number of guanidine groups is 1. The molecule has 0 aliphatic carbocycles. The molecule has 0 atom stereocenters. The van der Waals surface area contributed by atoms with Gasteiger partial charge in [-0.3, -0.25) is 9.89 Å². The summed E-state index contributed by atoms with van der Waals surface area (Å²) in [5.41, 5.74) is 3.61. The van der Waals surface area contributed by atoms with Gasteiger partial charge in [-0.05, 0) is 43.0 Å². The number of aromatic nitrogens is 1. The topological polar surface area (TPSA) is 65.7 Å². The highest BCUT2D eigenvalue weighted by Gasteiger charge is 2.10. The lowest BCUT2D eigenvalue weighted by molar-refractivity contribution is 0.277. The summed E-state index contributed by atoms with van der Waals surface area (Å²) in [7, 11) is 1.78. The Hall–Kier alpha value is -2.34. The molecule has 6 heteroatoms. The molecule has 0 amide bonds. The fourth-order valence-electron chi connectivity index (χ4n) is 3.58. The smallest absolute Gasteiger partial charge is 0.191 e. The summed E-state index contributed by atoms with van der Waals surface area (Å²) in [6.45, 7) is 9.03. The van der Waals surface area contributed by atoms with E-state index >= 15 is 0 Å². The highest BCUT2D eigenvalue weighted by molar-refractivity contribution is 5.79. The Morgan fingerprint density at radius 2 is 1.69 bits per heavy atom. The largest absolute Gasteiger partial charge is 0.359 e. The minimum atomic E-state index is 0.368. The van der Waals surface area contributed by atoms with Crippen molar-refractivity contribution >= 4 is 5.96 Å². The van der Waals surface area contributed by atoms with E-state index in [-0.39, 0.29) is 0 Å². The molecular formula is C23H35N5O. The first kappa shape index (κ1) is 21.4. The first-order valence-corrected chi connectivity index (χ1v) is 10.8. The van der Waals surface area contributed by atoms with Gasteiger partial charge in [-0.2, -0.15) is 0 Å². The molecule has 1 fully saturated rings. The van der Waals surface area contributed by atoms with Crippen LogP contribution in [0.15, 0.2) is 39.8 Å². The van der Waals surface area contributed by atoms with Crippen molar-refractivity contribution in [3.63, 3.8) is 0 Å². The Labute approximate surface area is 174 Å². The quantitative estimate of drug-likeness (QED) is 0.545. The van der Waals surface area contributed by atoms with Crippen LogP contribution in [0, 0.1) is 0 Å². The molecule has 0 saturated carbocycles. The number of likely N-dealkylation sites (tertiary alicyclic amines) is 1. The van der Waals surface area contributed by atoms with Gasteiger partial charge in [0.25, 0.3) is 0 Å². The summed E-state index contributed by atoms with van der Waals surface area (Å²) in [4.78, 5) is 6.87. The van der Waals surface area contributed by atoms with E-state index in [1.165, 1.54) is 49.9 Å². The standard InChI is InChI=1S/C23H35N5O/c1-18(2)22-14-21(29-27-22)16-26-23(24-3)25-15-19-8-10-20(11-9-19)17-28-12-6-4-5-7-13-28/h8-11,14,18H,4-7,12-13,15-17H2,1-3H3,(H2,24,25,26). The molecule has 0 unspecified atom stereocenters. The summed E-state index contributed by atoms with van der Waals surface area (Å²) in [5.74, 6) is 1.93. The highest BCUT2D eigenvalue weighted by Crippen LogP contribution is 2.15. The zero-order chi connectivity index (χ0) is 20.5. The van der Waals surface area contributed by atoms with Gasteiger partial charge in [0.15, 0.2) is 11.7 Å². The molecule has 2 N–H and O–H groups in total. The van der Waals surface area contributed by atoms with Crippen molar-refractivity contribution in [2.24, 2.45) is 4.99 Å². The predicted octanol–water partition coefficient (Wildman–Crippen LogP) is 4.04. The fourth-order valence-corrected chi connectivity index (χ4v) is 3.58. The number of rotatable bonds is 7. The van der Waals surface area contributed by atoms with Crippen LogP contribution in [0.2, 0.25) is 0 Å². The average molecular weight is 398 g/mol. The third kappa shape index (κ3) is 6.89. The summed E-state index contributed by atoms with van der Waals surface area (Å²) in [6, 6.07) is 10.9. The van der Waals surface area contributed by atoms with Crippen LogP contribution in [-0.4, -0.2) is 36.2 Å². The maximum absolute atomic E-state index is 5.37. The SMILES string of the molecule is CN=C(NCc1ccc(CN2CCCCCC2)cc1)NCc1cc(C(C)C)no1. The van der Waals surface area contributed by atoms with Crippen LogP contribution in [0.4, 0.5) is 0 Å². The molecule has 1 aromatic carbocycles. The maximum Gasteiger partial charge on any atom is 0.191 e. The van der Waals surface area contributed by atoms with Gasteiger partial charge in [0.05, 0.1) is 12.2 Å². The van der Waals surface area contributed by atoms with Crippen molar-refractivity contribution in [2.75, 3.05) is 20.1 Å². The number of aliphatic imine (C=N–C) groups is 1. The van der Waals surface area contributed by atoms with Gasteiger partial charge in [-0.1, -0.05) is 56.1 Å². The second-order valence-electron chi connectivity index (χ2n) is 8.16. The first-order chi connectivity index (χ1) is 14.1. The molecule has 1 aliphatic heterocycles. The van der Waals surface area contributed by atoms with E-state index in [2.05, 4.69) is 63.8 Å². The Bertz CT molecular complexity index is 758. The average Bonchev–Trinajstić information content (AvgIpc) is 3.07. The molecule has 0 radical (unpaired) electrons. The van der Waals surface area contributed by atoms with Crippen molar-refractivity contribution in [1.29, 1.82) is 0 Å². The van der Waals surface area contributed by atoms with Crippen molar-refractivity contribution in [3.05, 3.63) is 52.9 Å². The second-order valence-corrected chi connectivity index (χ2v) is 8.16. The third-order valence-electron chi connectivity index (χ3n) is 5.41.